The number of benzene rings is 1. The summed E-state index contributed by atoms with van der Waals surface area (Å²) in [5.74, 6) is 0.0835. The molecule has 1 aromatic carbocycles. The number of piperazine rings is 1. The first-order valence-electron chi connectivity index (χ1n) is 15.9. The molecular formula is C33H45N7O3S. The second-order valence-electron chi connectivity index (χ2n) is 13.7. The van der Waals surface area contributed by atoms with Gasteiger partial charge in [0.1, 0.15) is 5.37 Å². The Hall–Kier alpha value is -3.31. The summed E-state index contributed by atoms with van der Waals surface area (Å²) in [4.78, 5) is 55.9. The van der Waals surface area contributed by atoms with Crippen LogP contribution >= 0.6 is 11.8 Å². The maximum atomic E-state index is 13.9. The number of pyridine rings is 1. The zero-order valence-corrected chi connectivity index (χ0v) is 27.2. The second-order valence-corrected chi connectivity index (χ2v) is 15.0. The van der Waals surface area contributed by atoms with E-state index in [1.165, 1.54) is 5.69 Å². The molecule has 2 atom stereocenters. The van der Waals surface area contributed by atoms with Crippen LogP contribution < -0.4 is 10.6 Å². The molecule has 1 N–H and O–H groups in total. The maximum Gasteiger partial charge on any atom is 0.327 e. The molecule has 3 aliphatic rings. The van der Waals surface area contributed by atoms with Crippen LogP contribution in [0.1, 0.15) is 63.4 Å². The summed E-state index contributed by atoms with van der Waals surface area (Å²) in [6.45, 7) is 12.5. The SMILES string of the molecule is CN1CCN(c2cccc(C3SC(CC(=O)N4CCC(n5c(=O)[nH]c6ncccc65)CC4)C(=O)N3CCC(C)(C)C)c2)CC1. The molecule has 2 aromatic heterocycles. The smallest absolute Gasteiger partial charge is 0.327 e. The fourth-order valence-electron chi connectivity index (χ4n) is 6.59. The Bertz CT molecular complexity index is 1550. The molecule has 0 bridgehead atoms. The molecule has 3 aromatic rings. The number of amides is 2. The number of likely N-dealkylation sites (N-methyl/N-ethyl adjacent to an activating group) is 1. The fraction of sp³-hybridized carbons (Fsp3) is 0.576. The minimum Gasteiger partial charge on any atom is -0.369 e. The van der Waals surface area contributed by atoms with Crippen molar-refractivity contribution < 1.29 is 9.59 Å². The number of piperidine rings is 1. The lowest BCUT2D eigenvalue weighted by Crippen LogP contribution is -2.44. The van der Waals surface area contributed by atoms with Crippen LogP contribution in [0, 0.1) is 5.41 Å². The van der Waals surface area contributed by atoms with Crippen LogP contribution in [0.3, 0.4) is 0 Å². The number of fused-ring (bicyclic) bond motifs is 1. The first kappa shape index (κ1) is 30.7. The van der Waals surface area contributed by atoms with Crippen molar-refractivity contribution in [3.63, 3.8) is 0 Å². The largest absolute Gasteiger partial charge is 0.369 e. The van der Waals surface area contributed by atoms with Crippen molar-refractivity contribution >= 4 is 40.4 Å². The predicted molar refractivity (Wildman–Crippen MR) is 176 cm³/mol. The lowest BCUT2D eigenvalue weighted by atomic mass is 9.92. The summed E-state index contributed by atoms with van der Waals surface area (Å²) in [6.07, 6.45) is 4.15. The molecule has 236 valence electrons. The standard InChI is InChI=1S/C33H45N7O3S/c1-33(2,3)12-16-39-30(42)27(44-31(39)23-7-5-8-25(21-23)37-19-17-36(4)18-20-37)22-28(41)38-14-10-24(11-15-38)40-26-9-6-13-34-29(26)35-32(40)43/h5-9,13,21,24,27,31H,10-12,14-20,22H2,1-4H3,(H,34,35,43). The van der Waals surface area contributed by atoms with Gasteiger partial charge in [0, 0.05) is 70.2 Å². The number of imidazole rings is 1. The van der Waals surface area contributed by atoms with Crippen molar-refractivity contribution in [2.24, 2.45) is 5.41 Å². The van der Waals surface area contributed by atoms with E-state index in [1.54, 1.807) is 22.5 Å². The second kappa shape index (κ2) is 12.6. The first-order chi connectivity index (χ1) is 21.1. The fourth-order valence-corrected chi connectivity index (χ4v) is 8.05. The van der Waals surface area contributed by atoms with Crippen LogP contribution in [-0.4, -0.2) is 99.2 Å². The van der Waals surface area contributed by atoms with Gasteiger partial charge in [0.15, 0.2) is 5.65 Å². The highest BCUT2D eigenvalue weighted by Crippen LogP contribution is 2.46. The summed E-state index contributed by atoms with van der Waals surface area (Å²) in [5, 5.41) is -0.511. The highest BCUT2D eigenvalue weighted by atomic mass is 32.2. The van der Waals surface area contributed by atoms with E-state index in [0.717, 1.165) is 43.7 Å². The highest BCUT2D eigenvalue weighted by Gasteiger charge is 2.43. The molecule has 3 saturated heterocycles. The predicted octanol–water partition coefficient (Wildman–Crippen LogP) is 4.11. The lowest BCUT2D eigenvalue weighted by Gasteiger charge is -2.34. The van der Waals surface area contributed by atoms with Crippen LogP contribution in [0.15, 0.2) is 47.4 Å². The molecule has 10 nitrogen and oxygen atoms in total. The van der Waals surface area contributed by atoms with Crippen molar-refractivity contribution in [3.05, 3.63) is 58.6 Å². The lowest BCUT2D eigenvalue weighted by molar-refractivity contribution is -0.136. The van der Waals surface area contributed by atoms with E-state index >= 15 is 0 Å². The van der Waals surface area contributed by atoms with E-state index in [4.69, 9.17) is 0 Å². The Kier molecular flexibility index (Phi) is 8.79. The minimum atomic E-state index is -0.403. The van der Waals surface area contributed by atoms with Gasteiger partial charge in [0.2, 0.25) is 11.8 Å². The molecule has 0 spiro atoms. The molecule has 44 heavy (non-hydrogen) atoms. The van der Waals surface area contributed by atoms with Crippen molar-refractivity contribution in [1.82, 2.24) is 29.2 Å². The zero-order chi connectivity index (χ0) is 31.0. The third-order valence-electron chi connectivity index (χ3n) is 9.29. The van der Waals surface area contributed by atoms with E-state index in [2.05, 4.69) is 71.9 Å². The number of nitrogens with one attached hydrogen (secondary N) is 1. The number of carbonyl (C=O) groups is 2. The number of anilines is 1. The summed E-state index contributed by atoms with van der Waals surface area (Å²) in [5.41, 5.74) is 3.66. The molecule has 0 radical (unpaired) electrons. The van der Waals surface area contributed by atoms with Gasteiger partial charge in [-0.25, -0.2) is 9.78 Å². The zero-order valence-electron chi connectivity index (χ0n) is 26.4. The molecule has 11 heteroatoms. The van der Waals surface area contributed by atoms with E-state index in [-0.39, 0.29) is 40.8 Å². The number of thioether (sulfide) groups is 1. The van der Waals surface area contributed by atoms with Crippen molar-refractivity contribution in [1.29, 1.82) is 0 Å². The number of rotatable bonds is 7. The van der Waals surface area contributed by atoms with Crippen LogP contribution in [0.5, 0.6) is 0 Å². The number of likely N-dealkylation sites (tertiary alicyclic amines) is 1. The quantitative estimate of drug-likeness (QED) is 0.425. The molecule has 0 aliphatic carbocycles. The Balaban J connectivity index is 1.13. The number of hydrogen-bond donors (Lipinski definition) is 1. The summed E-state index contributed by atoms with van der Waals surface area (Å²) in [6, 6.07) is 12.4. The summed E-state index contributed by atoms with van der Waals surface area (Å²) in [7, 11) is 2.16. The number of H-pyrrole nitrogens is 1. The van der Waals surface area contributed by atoms with Gasteiger partial charge in [-0.2, -0.15) is 0 Å². The van der Waals surface area contributed by atoms with Gasteiger partial charge in [-0.1, -0.05) is 32.9 Å². The van der Waals surface area contributed by atoms with Gasteiger partial charge >= 0.3 is 5.69 Å². The number of nitrogens with zero attached hydrogens (tertiary/aromatic N) is 6. The molecular weight excluding hydrogens is 574 g/mol. The first-order valence-corrected chi connectivity index (χ1v) is 16.8. The third kappa shape index (κ3) is 6.54. The Morgan fingerprint density at radius 2 is 1.77 bits per heavy atom. The molecule has 2 unspecified atom stereocenters. The summed E-state index contributed by atoms with van der Waals surface area (Å²) < 4.78 is 1.79. The highest BCUT2D eigenvalue weighted by molar-refractivity contribution is 8.01. The summed E-state index contributed by atoms with van der Waals surface area (Å²) >= 11 is 1.63. The molecule has 5 heterocycles. The van der Waals surface area contributed by atoms with Crippen LogP contribution in [0.25, 0.3) is 11.2 Å². The van der Waals surface area contributed by atoms with Gasteiger partial charge in [-0.05, 0) is 61.6 Å². The Morgan fingerprint density at radius 1 is 1.02 bits per heavy atom. The van der Waals surface area contributed by atoms with Gasteiger partial charge in [0.05, 0.1) is 10.8 Å². The topological polar surface area (TPSA) is 97.8 Å². The molecule has 3 fully saturated rings. The molecule has 6 rings (SSSR count). The van der Waals surface area contributed by atoms with E-state index in [9.17, 15) is 14.4 Å². The normalized spacial score (nSPS) is 22.4. The van der Waals surface area contributed by atoms with Gasteiger partial charge in [-0.3, -0.25) is 19.1 Å². The number of carbonyl (C=O) groups excluding carboxylic acids is 2. The van der Waals surface area contributed by atoms with Crippen LogP contribution in [0.4, 0.5) is 5.69 Å². The molecule has 2 amide bonds. The Labute approximate surface area is 263 Å². The molecule has 0 saturated carbocycles. The molecule has 3 aliphatic heterocycles. The average molecular weight is 620 g/mol. The Morgan fingerprint density at radius 3 is 2.50 bits per heavy atom. The third-order valence-corrected chi connectivity index (χ3v) is 10.8. The van der Waals surface area contributed by atoms with Gasteiger partial charge < -0.3 is 19.6 Å². The number of aromatic amines is 1. The van der Waals surface area contributed by atoms with Crippen molar-refractivity contribution in [2.75, 3.05) is 57.8 Å². The monoisotopic (exact) mass is 619 g/mol. The van der Waals surface area contributed by atoms with Crippen molar-refractivity contribution in [3.8, 4) is 0 Å². The minimum absolute atomic E-state index is 0.0110. The van der Waals surface area contributed by atoms with Crippen molar-refractivity contribution in [2.45, 2.75) is 63.1 Å². The average Bonchev–Trinajstić information content (AvgIpc) is 3.51. The van der Waals surface area contributed by atoms with Gasteiger partial charge in [0.25, 0.3) is 0 Å². The number of aromatic nitrogens is 3. The number of hydrogen-bond acceptors (Lipinski definition) is 7. The van der Waals surface area contributed by atoms with E-state index < -0.39 is 5.25 Å². The maximum absolute atomic E-state index is 13.9. The van der Waals surface area contributed by atoms with E-state index in [1.807, 2.05) is 21.9 Å². The van der Waals surface area contributed by atoms with E-state index in [0.29, 0.717) is 38.1 Å². The van der Waals surface area contributed by atoms with Crippen LogP contribution in [-0.2, 0) is 9.59 Å². The van der Waals surface area contributed by atoms with Crippen LogP contribution in [0.2, 0.25) is 0 Å². The van der Waals surface area contributed by atoms with Gasteiger partial charge in [-0.15, -0.1) is 11.8 Å².